The summed E-state index contributed by atoms with van der Waals surface area (Å²) in [4.78, 5) is 0. The van der Waals surface area contributed by atoms with E-state index in [2.05, 4.69) is 13.8 Å². The molecule has 0 saturated heterocycles. The summed E-state index contributed by atoms with van der Waals surface area (Å²) in [7, 11) is 0. The molecule has 0 aliphatic carbocycles. The van der Waals surface area contributed by atoms with E-state index in [4.69, 9.17) is 35.7 Å². The van der Waals surface area contributed by atoms with Crippen LogP contribution < -0.4 is 0 Å². The van der Waals surface area contributed by atoms with Crippen LogP contribution in [0.15, 0.2) is 0 Å². The SMILES string of the molecule is CC(O)CCO.CCCC(O)CO.CCCCCCC(O)CCO.CCCCCCC(O)CO. The van der Waals surface area contributed by atoms with Crippen molar-refractivity contribution >= 4 is 0 Å². The molecule has 0 radical (unpaired) electrons. The maximum atomic E-state index is 9.19. The number of rotatable bonds is 18. The molecule has 8 nitrogen and oxygen atoms in total. The highest BCUT2D eigenvalue weighted by molar-refractivity contribution is 4.54. The van der Waals surface area contributed by atoms with Crippen molar-refractivity contribution in [2.24, 2.45) is 0 Å². The third kappa shape index (κ3) is 49.0. The van der Waals surface area contributed by atoms with Crippen LogP contribution in [-0.2, 0) is 0 Å². The Labute approximate surface area is 209 Å². The molecule has 0 aliphatic rings. The number of aliphatic hydroxyl groups excluding tert-OH is 8. The van der Waals surface area contributed by atoms with Gasteiger partial charge < -0.3 is 40.9 Å². The van der Waals surface area contributed by atoms with Gasteiger partial charge in [-0.15, -0.1) is 0 Å². The fraction of sp³-hybridized carbons (Fsp3) is 1.00. The van der Waals surface area contributed by atoms with Gasteiger partial charge in [-0.2, -0.15) is 0 Å². The van der Waals surface area contributed by atoms with Gasteiger partial charge in [0.25, 0.3) is 0 Å². The van der Waals surface area contributed by atoms with Crippen molar-refractivity contribution in [3.8, 4) is 0 Å². The first kappa shape index (κ1) is 40.8. The Bertz CT molecular complexity index is 319. The second-order valence-corrected chi connectivity index (χ2v) is 8.69. The summed E-state index contributed by atoms with van der Waals surface area (Å²) < 4.78 is 0. The van der Waals surface area contributed by atoms with Gasteiger partial charge in [-0.25, -0.2) is 0 Å². The summed E-state index contributed by atoms with van der Waals surface area (Å²) in [5, 5.41) is 68.3. The molecule has 0 aromatic rings. The second-order valence-electron chi connectivity index (χ2n) is 8.69. The van der Waals surface area contributed by atoms with Crippen LogP contribution in [0.5, 0.6) is 0 Å². The second kappa shape index (κ2) is 37.2. The smallest absolute Gasteiger partial charge is 0.0770 e. The molecule has 0 rings (SSSR count). The summed E-state index contributed by atoms with van der Waals surface area (Å²) in [6.07, 6.45) is 12.1. The van der Waals surface area contributed by atoms with Gasteiger partial charge in [-0.05, 0) is 39.0 Å². The Hall–Kier alpha value is -0.320. The maximum absolute atomic E-state index is 9.19. The van der Waals surface area contributed by atoms with Crippen LogP contribution in [0.3, 0.4) is 0 Å². The molecule has 0 heterocycles. The lowest BCUT2D eigenvalue weighted by atomic mass is 10.1. The van der Waals surface area contributed by atoms with Gasteiger partial charge in [0, 0.05) is 13.2 Å². The van der Waals surface area contributed by atoms with E-state index < -0.39 is 12.2 Å². The van der Waals surface area contributed by atoms with Crippen molar-refractivity contribution in [1.82, 2.24) is 0 Å². The van der Waals surface area contributed by atoms with E-state index in [-0.39, 0.29) is 38.6 Å². The van der Waals surface area contributed by atoms with E-state index in [0.29, 0.717) is 19.3 Å². The minimum absolute atomic E-state index is 0.0810. The fourth-order valence-corrected chi connectivity index (χ4v) is 2.61. The third-order valence-electron chi connectivity index (χ3n) is 4.83. The first-order valence-corrected chi connectivity index (χ1v) is 13.4. The van der Waals surface area contributed by atoms with Crippen LogP contribution in [-0.4, -0.2) is 91.7 Å². The zero-order valence-electron chi connectivity index (χ0n) is 22.6. The molecule has 212 valence electrons. The van der Waals surface area contributed by atoms with Gasteiger partial charge in [-0.3, -0.25) is 0 Å². The fourth-order valence-electron chi connectivity index (χ4n) is 2.61. The molecular formula is C26H60O8. The molecule has 8 N–H and O–H groups in total. The molecule has 8 heteroatoms. The largest absolute Gasteiger partial charge is 0.396 e. The van der Waals surface area contributed by atoms with E-state index in [1.54, 1.807) is 6.92 Å². The predicted octanol–water partition coefficient (Wildman–Crippen LogP) is 2.90. The van der Waals surface area contributed by atoms with E-state index in [1.165, 1.54) is 38.5 Å². The van der Waals surface area contributed by atoms with Crippen LogP contribution in [0, 0.1) is 0 Å². The molecule has 0 spiro atoms. The normalized spacial score (nSPS) is 13.8. The minimum Gasteiger partial charge on any atom is -0.396 e. The lowest BCUT2D eigenvalue weighted by Crippen LogP contribution is -2.10. The highest BCUT2D eigenvalue weighted by Crippen LogP contribution is 2.07. The Kier molecular flexibility index (Phi) is 44.7. The molecule has 0 aromatic carbocycles. The van der Waals surface area contributed by atoms with Gasteiger partial charge >= 0.3 is 0 Å². The topological polar surface area (TPSA) is 162 Å². The predicted molar refractivity (Wildman–Crippen MR) is 140 cm³/mol. The Morgan fingerprint density at radius 2 is 0.853 bits per heavy atom. The molecule has 4 unspecified atom stereocenters. The van der Waals surface area contributed by atoms with E-state index in [0.717, 1.165) is 32.1 Å². The van der Waals surface area contributed by atoms with Gasteiger partial charge in [0.05, 0.1) is 37.6 Å². The Balaban J connectivity index is -0.000000182. The van der Waals surface area contributed by atoms with Gasteiger partial charge in [0.1, 0.15) is 0 Å². The van der Waals surface area contributed by atoms with Crippen LogP contribution in [0.1, 0.15) is 118 Å². The van der Waals surface area contributed by atoms with E-state index in [1.807, 2.05) is 6.92 Å². The average Bonchev–Trinajstić information content (AvgIpc) is 2.81. The summed E-state index contributed by atoms with van der Waals surface area (Å²) in [6.45, 7) is 7.94. The van der Waals surface area contributed by atoms with Crippen LogP contribution in [0.25, 0.3) is 0 Å². The minimum atomic E-state index is -0.495. The number of aliphatic hydroxyl groups is 8. The molecule has 0 amide bonds. The molecule has 0 aromatic heterocycles. The van der Waals surface area contributed by atoms with Crippen molar-refractivity contribution in [3.63, 3.8) is 0 Å². The molecular weight excluding hydrogens is 440 g/mol. The molecule has 0 bridgehead atoms. The van der Waals surface area contributed by atoms with Crippen LogP contribution in [0.4, 0.5) is 0 Å². The zero-order valence-corrected chi connectivity index (χ0v) is 22.6. The highest BCUT2D eigenvalue weighted by Gasteiger charge is 2.01. The molecule has 34 heavy (non-hydrogen) atoms. The Morgan fingerprint density at radius 1 is 0.441 bits per heavy atom. The van der Waals surface area contributed by atoms with Crippen molar-refractivity contribution in [2.45, 2.75) is 142 Å². The third-order valence-corrected chi connectivity index (χ3v) is 4.83. The summed E-state index contributed by atoms with van der Waals surface area (Å²) >= 11 is 0. The molecule has 0 aliphatic heterocycles. The van der Waals surface area contributed by atoms with Crippen molar-refractivity contribution in [2.75, 3.05) is 26.4 Å². The van der Waals surface area contributed by atoms with Gasteiger partial charge in [0.15, 0.2) is 0 Å². The first-order chi connectivity index (χ1) is 16.2. The highest BCUT2D eigenvalue weighted by atomic mass is 16.3. The van der Waals surface area contributed by atoms with Crippen molar-refractivity contribution in [3.05, 3.63) is 0 Å². The number of unbranched alkanes of at least 4 members (excludes halogenated alkanes) is 6. The molecule has 4 atom stereocenters. The van der Waals surface area contributed by atoms with Crippen molar-refractivity contribution in [1.29, 1.82) is 0 Å². The lowest BCUT2D eigenvalue weighted by molar-refractivity contribution is 0.0860. The quantitative estimate of drug-likeness (QED) is 0.133. The summed E-state index contributed by atoms with van der Waals surface area (Å²) in [6, 6.07) is 0. The molecule has 0 saturated carbocycles. The number of hydrogen-bond donors (Lipinski definition) is 8. The summed E-state index contributed by atoms with van der Waals surface area (Å²) in [5.74, 6) is 0. The van der Waals surface area contributed by atoms with E-state index in [9.17, 15) is 5.11 Å². The van der Waals surface area contributed by atoms with E-state index >= 15 is 0 Å². The number of hydrogen-bond acceptors (Lipinski definition) is 8. The molecule has 0 fully saturated rings. The lowest BCUT2D eigenvalue weighted by Gasteiger charge is -2.07. The maximum Gasteiger partial charge on any atom is 0.0770 e. The summed E-state index contributed by atoms with van der Waals surface area (Å²) in [5.41, 5.74) is 0. The van der Waals surface area contributed by atoms with Crippen LogP contribution in [0.2, 0.25) is 0 Å². The van der Waals surface area contributed by atoms with Gasteiger partial charge in [-0.1, -0.05) is 78.6 Å². The average molecular weight is 501 g/mol. The van der Waals surface area contributed by atoms with Crippen molar-refractivity contribution < 1.29 is 40.9 Å². The van der Waals surface area contributed by atoms with Gasteiger partial charge in [0.2, 0.25) is 0 Å². The van der Waals surface area contributed by atoms with Crippen LogP contribution >= 0.6 is 0 Å². The zero-order chi connectivity index (χ0) is 27.0. The monoisotopic (exact) mass is 500 g/mol. The Morgan fingerprint density at radius 3 is 1.12 bits per heavy atom. The first-order valence-electron chi connectivity index (χ1n) is 13.4. The standard InChI is InChI=1S/C9H20O2.C8H18O2.C5H12O2.C4H10O2/c1-2-3-4-5-6-9(11)7-8-10;1-2-3-4-5-6-8(10)7-9;1-2-3-5(7)4-6;1-4(6)2-3-5/h9-11H,2-8H2,1H3;8-10H,2-7H2,1H3;5-7H,2-4H2,1H3;4-6H,2-3H2,1H3.